The molecule has 1 aliphatic heterocycles. The molecule has 0 saturated carbocycles. The van der Waals surface area contributed by atoms with Crippen molar-refractivity contribution >= 4 is 63.6 Å². The lowest BCUT2D eigenvalue weighted by Gasteiger charge is -2.26. The van der Waals surface area contributed by atoms with E-state index in [9.17, 15) is 14.4 Å². The van der Waals surface area contributed by atoms with Crippen LogP contribution in [-0.2, 0) is 22.8 Å². The van der Waals surface area contributed by atoms with Crippen LogP contribution in [0.15, 0.2) is 115 Å². The van der Waals surface area contributed by atoms with Gasteiger partial charge in [0.1, 0.15) is 30.3 Å². The first-order chi connectivity index (χ1) is 21.4. The van der Waals surface area contributed by atoms with Gasteiger partial charge in [0.05, 0.1) is 10.7 Å². The van der Waals surface area contributed by atoms with E-state index in [-0.39, 0.29) is 17.9 Å². The molecular weight excluding hydrogens is 599 g/mol. The van der Waals surface area contributed by atoms with Crippen LogP contribution in [0.4, 0.5) is 10.5 Å². The van der Waals surface area contributed by atoms with Crippen LogP contribution in [0.3, 0.4) is 0 Å². The maximum Gasteiger partial charge on any atom is 0.335 e. The molecule has 0 aliphatic carbocycles. The fourth-order valence-corrected chi connectivity index (χ4v) is 5.26. The molecule has 9 heteroatoms. The van der Waals surface area contributed by atoms with E-state index in [1.807, 2.05) is 60.7 Å². The topological polar surface area (TPSA) is 84.9 Å². The summed E-state index contributed by atoms with van der Waals surface area (Å²) in [4.78, 5) is 39.6. The Balaban J connectivity index is 1.16. The number of carbonyl (C=O) groups excluding carboxylic acids is 3. The second-order valence-corrected chi connectivity index (χ2v) is 10.8. The zero-order valence-electron chi connectivity index (χ0n) is 23.1. The van der Waals surface area contributed by atoms with Gasteiger partial charge >= 0.3 is 6.03 Å². The largest absolute Gasteiger partial charge is 0.489 e. The number of amides is 4. The zero-order valence-corrected chi connectivity index (χ0v) is 24.6. The third kappa shape index (κ3) is 6.15. The SMILES string of the molecule is O=C1NC(=O)N(c2ccc(OCc3ccccc3Cl)cc2)C(=O)/C1=C/c1ccc(OCc2cccc3ccccc23)c(Cl)c1. The van der Waals surface area contributed by atoms with Crippen molar-refractivity contribution in [3.63, 3.8) is 0 Å². The standard InChI is InChI=1S/C35H24Cl2N2O5/c36-30-11-4-2-7-25(30)21-43-27-15-13-26(14-16-27)39-34(41)29(33(40)38-35(39)42)18-22-12-17-32(31(37)19-22)44-20-24-9-5-8-23-6-1-3-10-28(23)24/h1-19H,20-21H2,(H,38,40,42)/b29-18+. The third-order valence-electron chi connectivity index (χ3n) is 7.08. The molecule has 0 bridgehead atoms. The first kappa shape index (κ1) is 29.0. The van der Waals surface area contributed by atoms with Crippen LogP contribution in [0.2, 0.25) is 10.0 Å². The molecule has 0 aromatic heterocycles. The number of nitrogens with one attached hydrogen (secondary N) is 1. The molecule has 0 radical (unpaired) electrons. The average Bonchev–Trinajstić information content (AvgIpc) is 3.03. The minimum atomic E-state index is -0.850. The Morgan fingerprint density at radius 1 is 0.705 bits per heavy atom. The molecule has 4 amide bonds. The van der Waals surface area contributed by atoms with Gasteiger partial charge in [-0.15, -0.1) is 0 Å². The first-order valence-electron chi connectivity index (χ1n) is 13.6. The molecule has 0 unspecified atom stereocenters. The molecule has 5 aromatic carbocycles. The van der Waals surface area contributed by atoms with Crippen LogP contribution < -0.4 is 19.7 Å². The zero-order chi connectivity index (χ0) is 30.6. The average molecular weight is 623 g/mol. The van der Waals surface area contributed by atoms with Gasteiger partial charge in [0.2, 0.25) is 0 Å². The third-order valence-corrected chi connectivity index (χ3v) is 7.74. The number of urea groups is 1. The van der Waals surface area contributed by atoms with Crippen LogP contribution >= 0.6 is 23.2 Å². The van der Waals surface area contributed by atoms with E-state index >= 15 is 0 Å². The molecule has 1 aliphatic rings. The summed E-state index contributed by atoms with van der Waals surface area (Å²) in [5.41, 5.74) is 2.38. The van der Waals surface area contributed by atoms with Gasteiger partial charge in [-0.25, -0.2) is 9.69 Å². The quantitative estimate of drug-likeness (QED) is 0.140. The maximum atomic E-state index is 13.4. The monoisotopic (exact) mass is 622 g/mol. The summed E-state index contributed by atoms with van der Waals surface area (Å²) < 4.78 is 11.8. The Morgan fingerprint density at radius 3 is 2.20 bits per heavy atom. The van der Waals surface area contributed by atoms with E-state index < -0.39 is 17.8 Å². The molecule has 218 valence electrons. The Hall–Kier alpha value is -5.11. The number of halogens is 2. The van der Waals surface area contributed by atoms with Gasteiger partial charge in [-0.2, -0.15) is 0 Å². The number of hydrogen-bond donors (Lipinski definition) is 1. The van der Waals surface area contributed by atoms with Gasteiger partial charge in [0, 0.05) is 10.6 Å². The summed E-state index contributed by atoms with van der Waals surface area (Å²) in [5.74, 6) is -0.600. The number of benzene rings is 5. The van der Waals surface area contributed by atoms with Crippen LogP contribution in [0, 0.1) is 0 Å². The van der Waals surface area contributed by atoms with Crippen LogP contribution in [-0.4, -0.2) is 17.8 Å². The number of carbonyl (C=O) groups is 3. The summed E-state index contributed by atoms with van der Waals surface area (Å²) >= 11 is 12.7. The maximum absolute atomic E-state index is 13.4. The van der Waals surface area contributed by atoms with E-state index in [1.54, 1.807) is 48.5 Å². The number of barbiturate groups is 1. The van der Waals surface area contributed by atoms with E-state index in [1.165, 1.54) is 6.08 Å². The van der Waals surface area contributed by atoms with Crippen molar-refractivity contribution in [2.45, 2.75) is 13.2 Å². The molecule has 1 N–H and O–H groups in total. The highest BCUT2D eigenvalue weighted by Gasteiger charge is 2.36. The number of rotatable bonds is 8. The first-order valence-corrected chi connectivity index (χ1v) is 14.4. The second-order valence-electron chi connectivity index (χ2n) is 9.95. The fourth-order valence-electron chi connectivity index (χ4n) is 4.82. The van der Waals surface area contributed by atoms with Crippen molar-refractivity contribution in [1.29, 1.82) is 0 Å². The minimum Gasteiger partial charge on any atom is -0.489 e. The Labute approximate surface area is 263 Å². The van der Waals surface area contributed by atoms with Crippen molar-refractivity contribution < 1.29 is 23.9 Å². The van der Waals surface area contributed by atoms with E-state index in [4.69, 9.17) is 32.7 Å². The van der Waals surface area contributed by atoms with Gasteiger partial charge in [-0.3, -0.25) is 14.9 Å². The number of anilines is 1. The highest BCUT2D eigenvalue weighted by atomic mass is 35.5. The molecule has 1 fully saturated rings. The highest BCUT2D eigenvalue weighted by Crippen LogP contribution is 2.30. The number of hydrogen-bond acceptors (Lipinski definition) is 5. The number of imide groups is 2. The summed E-state index contributed by atoms with van der Waals surface area (Å²) in [7, 11) is 0. The van der Waals surface area contributed by atoms with Crippen LogP contribution in [0.25, 0.3) is 16.8 Å². The molecule has 0 atom stereocenters. The molecule has 6 rings (SSSR count). The normalized spacial score (nSPS) is 14.2. The van der Waals surface area contributed by atoms with E-state index in [0.717, 1.165) is 26.8 Å². The van der Waals surface area contributed by atoms with Crippen molar-refractivity contribution in [3.05, 3.63) is 142 Å². The van der Waals surface area contributed by atoms with Gasteiger partial charge < -0.3 is 9.47 Å². The van der Waals surface area contributed by atoms with E-state index in [2.05, 4.69) is 5.32 Å². The van der Waals surface area contributed by atoms with Crippen molar-refractivity contribution in [2.75, 3.05) is 4.90 Å². The van der Waals surface area contributed by atoms with Crippen molar-refractivity contribution in [2.24, 2.45) is 0 Å². The van der Waals surface area contributed by atoms with Gasteiger partial charge in [-0.1, -0.05) is 89.9 Å². The Morgan fingerprint density at radius 2 is 1.41 bits per heavy atom. The Bertz CT molecular complexity index is 1930. The lowest BCUT2D eigenvalue weighted by atomic mass is 10.1. The number of fused-ring (bicyclic) bond motifs is 1. The number of ether oxygens (including phenoxy) is 2. The fraction of sp³-hybridized carbons (Fsp3) is 0.0571. The minimum absolute atomic E-state index is 0.218. The number of nitrogens with zero attached hydrogens (tertiary/aromatic N) is 1. The summed E-state index contributed by atoms with van der Waals surface area (Å²) in [6.07, 6.45) is 1.39. The van der Waals surface area contributed by atoms with Crippen LogP contribution in [0.1, 0.15) is 16.7 Å². The van der Waals surface area contributed by atoms with Crippen molar-refractivity contribution in [3.8, 4) is 11.5 Å². The van der Waals surface area contributed by atoms with Gasteiger partial charge in [-0.05, 0) is 70.4 Å². The molecular formula is C35H24Cl2N2O5. The molecule has 7 nitrogen and oxygen atoms in total. The predicted octanol–water partition coefficient (Wildman–Crippen LogP) is 7.97. The lowest BCUT2D eigenvalue weighted by Crippen LogP contribution is -2.54. The summed E-state index contributed by atoms with van der Waals surface area (Å²) in [6, 6.07) is 31.9. The smallest absolute Gasteiger partial charge is 0.335 e. The molecule has 0 spiro atoms. The van der Waals surface area contributed by atoms with Gasteiger partial charge in [0.15, 0.2) is 0 Å². The van der Waals surface area contributed by atoms with Crippen molar-refractivity contribution in [1.82, 2.24) is 5.32 Å². The molecule has 1 heterocycles. The van der Waals surface area contributed by atoms with E-state index in [0.29, 0.717) is 33.7 Å². The van der Waals surface area contributed by atoms with Crippen LogP contribution in [0.5, 0.6) is 11.5 Å². The molecule has 5 aromatic rings. The summed E-state index contributed by atoms with van der Waals surface area (Å²) in [6.45, 7) is 0.558. The second kappa shape index (κ2) is 12.6. The summed E-state index contributed by atoms with van der Waals surface area (Å²) in [5, 5.41) is 5.33. The van der Waals surface area contributed by atoms with Gasteiger partial charge in [0.25, 0.3) is 11.8 Å². The Kier molecular flexibility index (Phi) is 8.32. The lowest BCUT2D eigenvalue weighted by molar-refractivity contribution is -0.122. The molecule has 44 heavy (non-hydrogen) atoms. The predicted molar refractivity (Wildman–Crippen MR) is 171 cm³/mol. The highest BCUT2D eigenvalue weighted by molar-refractivity contribution is 6.39. The molecule has 1 saturated heterocycles.